The molecule has 0 bridgehead atoms. The molecule has 0 saturated carbocycles. The number of anilines is 3. The predicted molar refractivity (Wildman–Crippen MR) is 122 cm³/mol. The van der Waals surface area contributed by atoms with Crippen molar-refractivity contribution in [3.05, 3.63) is 72.4 Å². The molecule has 0 aliphatic heterocycles. The zero-order valence-electron chi connectivity index (χ0n) is 17.4. The summed E-state index contributed by atoms with van der Waals surface area (Å²) in [6.07, 6.45) is 4.65. The lowest BCUT2D eigenvalue weighted by molar-refractivity contribution is -0.114. The SMILES string of the molecule is CC(=O)Nc1ccc(Nc2nc3c(-c4ccc(CCCCO)cc4)cccn3n2)cc1. The van der Waals surface area contributed by atoms with E-state index in [1.165, 1.54) is 12.5 Å². The number of aliphatic hydroxyl groups excluding tert-OH is 1. The van der Waals surface area contributed by atoms with E-state index in [-0.39, 0.29) is 12.5 Å². The van der Waals surface area contributed by atoms with Gasteiger partial charge in [0, 0.05) is 36.7 Å². The number of hydrogen-bond donors (Lipinski definition) is 3. The number of carbonyl (C=O) groups excluding carboxylic acids is 1. The number of benzene rings is 2. The zero-order valence-corrected chi connectivity index (χ0v) is 17.4. The van der Waals surface area contributed by atoms with Crippen LogP contribution in [0.1, 0.15) is 25.3 Å². The average molecular weight is 415 g/mol. The molecule has 3 N–H and O–H groups in total. The number of rotatable bonds is 8. The average Bonchev–Trinajstić information content (AvgIpc) is 3.18. The Hall–Kier alpha value is -3.71. The van der Waals surface area contributed by atoms with Gasteiger partial charge in [-0.15, -0.1) is 5.10 Å². The molecule has 4 aromatic rings. The lowest BCUT2D eigenvalue weighted by atomic mass is 10.0. The number of aromatic nitrogens is 3. The topological polar surface area (TPSA) is 91.5 Å². The highest BCUT2D eigenvalue weighted by atomic mass is 16.2. The molecule has 0 atom stereocenters. The standard InChI is InChI=1S/C24H25N5O2/c1-17(31)25-20-11-13-21(14-12-20)26-24-27-23-22(6-4-15-29(23)28-24)19-9-7-18(8-10-19)5-2-3-16-30/h4,6-15,30H,2-3,5,16H2,1H3,(H,25,31)(H,26,28). The van der Waals surface area contributed by atoms with Crippen LogP contribution in [-0.4, -0.2) is 32.2 Å². The van der Waals surface area contributed by atoms with Crippen LogP contribution in [0.25, 0.3) is 16.8 Å². The van der Waals surface area contributed by atoms with Gasteiger partial charge in [0.05, 0.1) is 0 Å². The first-order chi connectivity index (χ1) is 15.1. The van der Waals surface area contributed by atoms with Crippen molar-refractivity contribution in [2.24, 2.45) is 0 Å². The summed E-state index contributed by atoms with van der Waals surface area (Å²) >= 11 is 0. The van der Waals surface area contributed by atoms with E-state index in [1.54, 1.807) is 4.52 Å². The van der Waals surface area contributed by atoms with Gasteiger partial charge in [-0.25, -0.2) is 4.52 Å². The first-order valence-corrected chi connectivity index (χ1v) is 10.3. The van der Waals surface area contributed by atoms with E-state index in [0.717, 1.165) is 47.4 Å². The number of fused-ring (bicyclic) bond motifs is 1. The maximum Gasteiger partial charge on any atom is 0.247 e. The summed E-state index contributed by atoms with van der Waals surface area (Å²) in [4.78, 5) is 15.8. The smallest absolute Gasteiger partial charge is 0.247 e. The Labute approximate surface area is 180 Å². The number of aliphatic hydroxyl groups is 1. The van der Waals surface area contributed by atoms with Crippen molar-refractivity contribution in [3.8, 4) is 11.1 Å². The van der Waals surface area contributed by atoms with Crippen LogP contribution in [0, 0.1) is 0 Å². The molecule has 0 unspecified atom stereocenters. The highest BCUT2D eigenvalue weighted by Gasteiger charge is 2.10. The Morgan fingerprint density at radius 1 is 1.00 bits per heavy atom. The van der Waals surface area contributed by atoms with Crippen molar-refractivity contribution < 1.29 is 9.90 Å². The van der Waals surface area contributed by atoms with Crippen molar-refractivity contribution >= 4 is 28.9 Å². The molecule has 7 heteroatoms. The van der Waals surface area contributed by atoms with Crippen LogP contribution in [0.4, 0.5) is 17.3 Å². The maximum atomic E-state index is 11.2. The van der Waals surface area contributed by atoms with Gasteiger partial charge >= 0.3 is 0 Å². The third-order valence-electron chi connectivity index (χ3n) is 4.96. The van der Waals surface area contributed by atoms with Crippen LogP contribution >= 0.6 is 0 Å². The summed E-state index contributed by atoms with van der Waals surface area (Å²) in [5.41, 5.74) is 5.69. The predicted octanol–water partition coefficient (Wildman–Crippen LogP) is 4.41. The Kier molecular flexibility index (Phi) is 6.24. The Balaban J connectivity index is 1.53. The van der Waals surface area contributed by atoms with Gasteiger partial charge in [-0.2, -0.15) is 4.98 Å². The van der Waals surface area contributed by atoms with E-state index in [9.17, 15) is 4.79 Å². The van der Waals surface area contributed by atoms with Gasteiger partial charge in [0.15, 0.2) is 5.65 Å². The lowest BCUT2D eigenvalue weighted by Gasteiger charge is -2.05. The summed E-state index contributed by atoms with van der Waals surface area (Å²) in [7, 11) is 0. The molecule has 0 aliphatic carbocycles. The van der Waals surface area contributed by atoms with Crippen LogP contribution in [0.3, 0.4) is 0 Å². The van der Waals surface area contributed by atoms with Crippen molar-refractivity contribution in [2.45, 2.75) is 26.2 Å². The van der Waals surface area contributed by atoms with Crippen LogP contribution in [-0.2, 0) is 11.2 Å². The Morgan fingerprint density at radius 3 is 2.45 bits per heavy atom. The van der Waals surface area contributed by atoms with Gasteiger partial charge in [0.25, 0.3) is 0 Å². The Bertz CT molecular complexity index is 1170. The molecular weight excluding hydrogens is 390 g/mol. The van der Waals surface area contributed by atoms with Crippen molar-refractivity contribution in [1.29, 1.82) is 0 Å². The molecule has 2 aromatic heterocycles. The van der Waals surface area contributed by atoms with Crippen LogP contribution in [0.2, 0.25) is 0 Å². The second kappa shape index (κ2) is 9.40. The van der Waals surface area contributed by atoms with Gasteiger partial charge in [-0.1, -0.05) is 24.3 Å². The third kappa shape index (κ3) is 5.07. The van der Waals surface area contributed by atoms with Crippen LogP contribution in [0.5, 0.6) is 0 Å². The fraction of sp³-hybridized carbons (Fsp3) is 0.208. The number of unbranched alkanes of at least 4 members (excludes halogenated alkanes) is 1. The van der Waals surface area contributed by atoms with Gasteiger partial charge in [-0.3, -0.25) is 4.79 Å². The largest absolute Gasteiger partial charge is 0.396 e. The summed E-state index contributed by atoms with van der Waals surface area (Å²) < 4.78 is 1.76. The fourth-order valence-corrected chi connectivity index (χ4v) is 3.45. The molecule has 0 saturated heterocycles. The number of carbonyl (C=O) groups is 1. The maximum absolute atomic E-state index is 11.2. The summed E-state index contributed by atoms with van der Waals surface area (Å²) in [6.45, 7) is 1.72. The molecule has 1 amide bonds. The highest BCUT2D eigenvalue weighted by molar-refractivity contribution is 5.88. The first-order valence-electron chi connectivity index (χ1n) is 10.3. The van der Waals surface area contributed by atoms with Gasteiger partial charge in [0.1, 0.15) is 0 Å². The monoisotopic (exact) mass is 415 g/mol. The number of pyridine rings is 1. The van der Waals surface area contributed by atoms with E-state index in [2.05, 4.69) is 45.0 Å². The molecule has 7 nitrogen and oxygen atoms in total. The number of nitrogens with zero attached hydrogens (tertiary/aromatic N) is 3. The van der Waals surface area contributed by atoms with Crippen LogP contribution in [0.15, 0.2) is 66.9 Å². The molecule has 4 rings (SSSR count). The van der Waals surface area contributed by atoms with Crippen molar-refractivity contribution in [1.82, 2.24) is 14.6 Å². The molecule has 2 heterocycles. The minimum absolute atomic E-state index is 0.103. The summed E-state index contributed by atoms with van der Waals surface area (Å²) in [6, 6.07) is 19.8. The molecule has 0 fully saturated rings. The molecular formula is C24H25N5O2. The van der Waals surface area contributed by atoms with Gasteiger partial charge in [-0.05, 0) is 66.8 Å². The molecule has 158 valence electrons. The van der Waals surface area contributed by atoms with Gasteiger partial charge in [0.2, 0.25) is 11.9 Å². The van der Waals surface area contributed by atoms with Crippen molar-refractivity contribution in [3.63, 3.8) is 0 Å². The third-order valence-corrected chi connectivity index (χ3v) is 4.96. The molecule has 0 spiro atoms. The molecule has 0 radical (unpaired) electrons. The molecule has 0 aliphatic rings. The number of amides is 1. The first kappa shape index (κ1) is 20.6. The quantitative estimate of drug-likeness (QED) is 0.371. The minimum atomic E-state index is -0.103. The van der Waals surface area contributed by atoms with E-state index < -0.39 is 0 Å². The number of nitrogens with one attached hydrogen (secondary N) is 2. The van der Waals surface area contributed by atoms with E-state index >= 15 is 0 Å². The summed E-state index contributed by atoms with van der Waals surface area (Å²) in [5.74, 6) is 0.397. The second-order valence-corrected chi connectivity index (χ2v) is 7.39. The molecule has 2 aromatic carbocycles. The fourth-order valence-electron chi connectivity index (χ4n) is 3.45. The lowest BCUT2D eigenvalue weighted by Crippen LogP contribution is -2.05. The van der Waals surface area contributed by atoms with Crippen molar-refractivity contribution in [2.75, 3.05) is 17.2 Å². The van der Waals surface area contributed by atoms with E-state index in [1.807, 2.05) is 42.6 Å². The normalized spacial score (nSPS) is 10.9. The zero-order chi connectivity index (χ0) is 21.6. The Morgan fingerprint density at radius 2 is 1.74 bits per heavy atom. The van der Waals surface area contributed by atoms with E-state index in [0.29, 0.717) is 5.95 Å². The van der Waals surface area contributed by atoms with Gasteiger partial charge < -0.3 is 15.7 Å². The molecule has 31 heavy (non-hydrogen) atoms. The second-order valence-electron chi connectivity index (χ2n) is 7.39. The summed E-state index contributed by atoms with van der Waals surface area (Å²) in [5, 5.41) is 19.4. The van der Waals surface area contributed by atoms with E-state index in [4.69, 9.17) is 5.11 Å². The highest BCUT2D eigenvalue weighted by Crippen LogP contribution is 2.26. The number of hydrogen-bond acceptors (Lipinski definition) is 5. The van der Waals surface area contributed by atoms with Crippen LogP contribution < -0.4 is 10.6 Å². The minimum Gasteiger partial charge on any atom is -0.396 e. The number of aryl methyl sites for hydroxylation is 1.